The highest BCUT2D eigenvalue weighted by molar-refractivity contribution is 5.92. The molecule has 2 rings (SSSR count). The summed E-state index contributed by atoms with van der Waals surface area (Å²) in [7, 11) is 2.09. The van der Waals surface area contributed by atoms with Crippen LogP contribution in [-0.2, 0) is 4.79 Å². The third kappa shape index (κ3) is 4.66. The molecular weight excluding hydrogens is 292 g/mol. The van der Waals surface area contributed by atoms with Crippen molar-refractivity contribution in [3.8, 4) is 0 Å². The highest BCUT2D eigenvalue weighted by Gasteiger charge is 2.24. The number of benzene rings is 1. The molecule has 1 N–H and O–H groups in total. The smallest absolute Gasteiger partial charge is 0.335 e. The van der Waals surface area contributed by atoms with Crippen LogP contribution in [0.1, 0.15) is 35.7 Å². The van der Waals surface area contributed by atoms with Crippen LogP contribution in [0.25, 0.3) is 6.08 Å². The van der Waals surface area contributed by atoms with E-state index < -0.39 is 5.97 Å². The normalized spacial score (nSPS) is 19.7. The second-order valence-corrected chi connectivity index (χ2v) is 5.97. The van der Waals surface area contributed by atoms with E-state index in [9.17, 15) is 9.59 Å². The average Bonchev–Trinajstić information content (AvgIpc) is 2.74. The van der Waals surface area contributed by atoms with Gasteiger partial charge in [-0.15, -0.1) is 0 Å². The van der Waals surface area contributed by atoms with Crippen molar-refractivity contribution in [2.24, 2.45) is 0 Å². The quantitative estimate of drug-likeness (QED) is 0.866. The lowest BCUT2D eigenvalue weighted by atomic mass is 10.1. The van der Waals surface area contributed by atoms with Crippen LogP contribution in [-0.4, -0.2) is 59.5 Å². The lowest BCUT2D eigenvalue weighted by Gasteiger charge is -2.29. The monoisotopic (exact) mass is 316 g/mol. The number of carboxylic acid groups (broad SMARTS) is 1. The zero-order chi connectivity index (χ0) is 16.8. The molecule has 0 bridgehead atoms. The van der Waals surface area contributed by atoms with Crippen molar-refractivity contribution in [2.45, 2.75) is 25.8 Å². The summed E-state index contributed by atoms with van der Waals surface area (Å²) in [5.74, 6) is -0.925. The van der Waals surface area contributed by atoms with E-state index in [1.807, 2.05) is 4.90 Å². The minimum atomic E-state index is -0.948. The number of rotatable bonds is 4. The Hall–Kier alpha value is -2.14. The Morgan fingerprint density at radius 3 is 2.57 bits per heavy atom. The Kier molecular flexibility index (Phi) is 5.93. The first kappa shape index (κ1) is 17.2. The Bertz CT molecular complexity index is 580. The number of amides is 1. The van der Waals surface area contributed by atoms with Crippen molar-refractivity contribution in [3.05, 3.63) is 41.5 Å². The molecule has 1 aromatic rings. The Morgan fingerprint density at radius 2 is 1.96 bits per heavy atom. The molecule has 1 aliphatic rings. The molecule has 0 aliphatic carbocycles. The fourth-order valence-corrected chi connectivity index (χ4v) is 2.88. The van der Waals surface area contributed by atoms with E-state index in [0.29, 0.717) is 0 Å². The fraction of sp³-hybridized carbons (Fsp3) is 0.444. The summed E-state index contributed by atoms with van der Waals surface area (Å²) in [5.41, 5.74) is 1.07. The summed E-state index contributed by atoms with van der Waals surface area (Å²) in [6, 6.07) is 6.75. The van der Waals surface area contributed by atoms with Gasteiger partial charge in [0.1, 0.15) is 0 Å². The van der Waals surface area contributed by atoms with Crippen molar-refractivity contribution in [3.63, 3.8) is 0 Å². The van der Waals surface area contributed by atoms with Crippen molar-refractivity contribution >= 4 is 18.0 Å². The van der Waals surface area contributed by atoms with Gasteiger partial charge in [-0.1, -0.05) is 19.1 Å². The number of nitrogens with zero attached hydrogens (tertiary/aromatic N) is 2. The third-order valence-corrected chi connectivity index (χ3v) is 4.23. The van der Waals surface area contributed by atoms with E-state index in [2.05, 4.69) is 18.9 Å². The summed E-state index contributed by atoms with van der Waals surface area (Å²) in [5, 5.41) is 8.89. The first-order valence-corrected chi connectivity index (χ1v) is 8.02. The van der Waals surface area contributed by atoms with Gasteiger partial charge in [0.15, 0.2) is 0 Å². The topological polar surface area (TPSA) is 60.9 Å². The van der Waals surface area contributed by atoms with Gasteiger partial charge in [0, 0.05) is 25.2 Å². The molecule has 0 radical (unpaired) electrons. The molecule has 124 valence electrons. The number of hydrogen-bond acceptors (Lipinski definition) is 3. The SMILES string of the molecule is CCC1CN(C)CCCN1C(=O)C=Cc1ccc(C(=O)O)cc1. The molecule has 5 heteroatoms. The summed E-state index contributed by atoms with van der Waals surface area (Å²) in [4.78, 5) is 27.6. The summed E-state index contributed by atoms with van der Waals surface area (Å²) in [6.45, 7) is 4.81. The lowest BCUT2D eigenvalue weighted by Crippen LogP contribution is -2.42. The van der Waals surface area contributed by atoms with Gasteiger partial charge >= 0.3 is 5.97 Å². The highest BCUT2D eigenvalue weighted by Crippen LogP contribution is 2.13. The van der Waals surface area contributed by atoms with Gasteiger partial charge in [-0.25, -0.2) is 4.79 Å². The molecule has 1 fully saturated rings. The molecule has 1 amide bonds. The predicted molar refractivity (Wildman–Crippen MR) is 90.3 cm³/mol. The first-order chi connectivity index (χ1) is 11.0. The highest BCUT2D eigenvalue weighted by atomic mass is 16.4. The van der Waals surface area contributed by atoms with Crippen molar-refractivity contribution in [2.75, 3.05) is 26.7 Å². The molecule has 1 heterocycles. The molecule has 5 nitrogen and oxygen atoms in total. The van der Waals surface area contributed by atoms with Crippen LogP contribution in [0.3, 0.4) is 0 Å². The molecule has 1 aromatic carbocycles. The van der Waals surface area contributed by atoms with Gasteiger partial charge in [-0.2, -0.15) is 0 Å². The van der Waals surface area contributed by atoms with Gasteiger partial charge in [-0.3, -0.25) is 4.79 Å². The van der Waals surface area contributed by atoms with E-state index >= 15 is 0 Å². The Balaban J connectivity index is 2.05. The third-order valence-electron chi connectivity index (χ3n) is 4.23. The molecule has 1 saturated heterocycles. The van der Waals surface area contributed by atoms with Gasteiger partial charge in [0.2, 0.25) is 5.91 Å². The van der Waals surface area contributed by atoms with Crippen LogP contribution >= 0.6 is 0 Å². The second-order valence-electron chi connectivity index (χ2n) is 5.97. The number of carbonyl (C=O) groups is 2. The van der Waals surface area contributed by atoms with Crippen LogP contribution < -0.4 is 0 Å². The number of carboxylic acids is 1. The minimum Gasteiger partial charge on any atom is -0.478 e. The van der Waals surface area contributed by atoms with Crippen LogP contribution in [0.5, 0.6) is 0 Å². The molecule has 1 aliphatic heterocycles. The van der Waals surface area contributed by atoms with Crippen molar-refractivity contribution in [1.82, 2.24) is 9.80 Å². The molecule has 0 saturated carbocycles. The van der Waals surface area contributed by atoms with Crippen LogP contribution in [0, 0.1) is 0 Å². The maximum atomic E-state index is 12.5. The number of likely N-dealkylation sites (N-methyl/N-ethyl adjacent to an activating group) is 1. The summed E-state index contributed by atoms with van der Waals surface area (Å²) < 4.78 is 0. The molecule has 0 spiro atoms. The maximum absolute atomic E-state index is 12.5. The number of carbonyl (C=O) groups excluding carboxylic acids is 1. The van der Waals surface area contributed by atoms with E-state index in [4.69, 9.17) is 5.11 Å². The molecule has 1 atom stereocenters. The Morgan fingerprint density at radius 1 is 1.26 bits per heavy atom. The van der Waals surface area contributed by atoms with E-state index in [1.54, 1.807) is 36.4 Å². The van der Waals surface area contributed by atoms with Crippen LogP contribution in [0.15, 0.2) is 30.3 Å². The average molecular weight is 316 g/mol. The van der Waals surface area contributed by atoms with E-state index in [-0.39, 0.29) is 17.5 Å². The fourth-order valence-electron chi connectivity index (χ4n) is 2.88. The zero-order valence-electron chi connectivity index (χ0n) is 13.7. The minimum absolute atomic E-state index is 0.0226. The first-order valence-electron chi connectivity index (χ1n) is 8.02. The number of aromatic carboxylic acids is 1. The molecule has 23 heavy (non-hydrogen) atoms. The van der Waals surface area contributed by atoms with E-state index in [0.717, 1.165) is 38.0 Å². The lowest BCUT2D eigenvalue weighted by molar-refractivity contribution is -0.128. The number of hydrogen-bond donors (Lipinski definition) is 1. The van der Waals surface area contributed by atoms with E-state index in [1.165, 1.54) is 0 Å². The summed E-state index contributed by atoms with van der Waals surface area (Å²) in [6.07, 6.45) is 5.26. The van der Waals surface area contributed by atoms with Gasteiger partial charge in [0.05, 0.1) is 5.56 Å². The standard InChI is InChI=1S/C18H24N2O3/c1-3-16-13-19(2)11-4-12-20(16)17(21)10-7-14-5-8-15(9-6-14)18(22)23/h5-10,16H,3-4,11-13H2,1-2H3,(H,22,23). The maximum Gasteiger partial charge on any atom is 0.335 e. The van der Waals surface area contributed by atoms with Crippen molar-refractivity contribution < 1.29 is 14.7 Å². The van der Waals surface area contributed by atoms with Crippen molar-refractivity contribution in [1.29, 1.82) is 0 Å². The van der Waals surface area contributed by atoms with Crippen LogP contribution in [0.4, 0.5) is 0 Å². The molecule has 1 unspecified atom stereocenters. The summed E-state index contributed by atoms with van der Waals surface area (Å²) >= 11 is 0. The second kappa shape index (κ2) is 7.92. The van der Waals surface area contributed by atoms with Gasteiger partial charge < -0.3 is 14.9 Å². The molecule has 0 aromatic heterocycles. The largest absolute Gasteiger partial charge is 0.478 e. The van der Waals surface area contributed by atoms with Crippen LogP contribution in [0.2, 0.25) is 0 Å². The Labute approximate surface area is 137 Å². The zero-order valence-corrected chi connectivity index (χ0v) is 13.7. The van der Waals surface area contributed by atoms with Gasteiger partial charge in [-0.05, 0) is 50.2 Å². The van der Waals surface area contributed by atoms with Gasteiger partial charge in [0.25, 0.3) is 0 Å². The molecular formula is C18H24N2O3. The predicted octanol–water partition coefficient (Wildman–Crippen LogP) is 2.34.